The normalized spacial score (nSPS) is 12.9. The molecule has 0 saturated carbocycles. The van der Waals surface area contributed by atoms with Gasteiger partial charge >= 0.3 is 0 Å². The molecule has 0 radical (unpaired) electrons. The van der Waals surface area contributed by atoms with E-state index in [0.29, 0.717) is 5.70 Å². The van der Waals surface area contributed by atoms with Gasteiger partial charge in [0.2, 0.25) is 0 Å². The lowest BCUT2D eigenvalue weighted by molar-refractivity contribution is 0.300. The molecule has 0 fully saturated rings. The lowest BCUT2D eigenvalue weighted by atomic mass is 10.1. The molecule has 0 aromatic rings. The monoisotopic (exact) mass is 167 g/mol. The Bertz CT molecular complexity index is 214. The van der Waals surface area contributed by atoms with E-state index in [2.05, 4.69) is 6.58 Å². The molecule has 0 unspecified atom stereocenters. The van der Waals surface area contributed by atoms with Crippen molar-refractivity contribution in [2.45, 2.75) is 20.3 Å². The van der Waals surface area contributed by atoms with E-state index in [1.165, 1.54) is 0 Å². The van der Waals surface area contributed by atoms with E-state index in [9.17, 15) is 0 Å². The lowest BCUT2D eigenvalue weighted by Gasteiger charge is -2.09. The van der Waals surface area contributed by atoms with Crippen LogP contribution in [-0.4, -0.2) is 7.11 Å². The quantitative estimate of drug-likeness (QED) is 0.515. The third kappa shape index (κ3) is 2.82. The Hall–Kier alpha value is -1.18. The van der Waals surface area contributed by atoms with Crippen LogP contribution in [0.4, 0.5) is 0 Å². The molecule has 0 rings (SSSR count). The van der Waals surface area contributed by atoms with Crippen molar-refractivity contribution < 1.29 is 4.74 Å². The highest BCUT2D eigenvalue weighted by Gasteiger charge is 2.03. The van der Waals surface area contributed by atoms with Crippen molar-refractivity contribution >= 4 is 0 Å². The summed E-state index contributed by atoms with van der Waals surface area (Å²) in [5.41, 5.74) is 6.99. The van der Waals surface area contributed by atoms with Crippen LogP contribution in [0, 0.1) is 0 Å². The maximum Gasteiger partial charge on any atom is 0.123 e. The van der Waals surface area contributed by atoms with Crippen LogP contribution < -0.4 is 5.73 Å². The molecule has 0 saturated heterocycles. The standard InChI is InChI=1S/C10H17NO/c1-5-7-10(12-4)9(6-2)8(3)11/h6-7H,3,5,11H2,1-2,4H3/b9-6-,10-7+. The van der Waals surface area contributed by atoms with Crippen molar-refractivity contribution in [2.75, 3.05) is 7.11 Å². The summed E-state index contributed by atoms with van der Waals surface area (Å²) in [6.45, 7) is 7.63. The van der Waals surface area contributed by atoms with Crippen LogP contribution in [0.1, 0.15) is 20.3 Å². The van der Waals surface area contributed by atoms with Gasteiger partial charge in [-0.2, -0.15) is 0 Å². The second-order valence-electron chi connectivity index (χ2n) is 2.41. The molecular formula is C10H17NO. The van der Waals surface area contributed by atoms with Crippen LogP contribution >= 0.6 is 0 Å². The average molecular weight is 167 g/mol. The summed E-state index contributed by atoms with van der Waals surface area (Å²) in [7, 11) is 1.63. The zero-order valence-electron chi connectivity index (χ0n) is 8.05. The number of ether oxygens (including phenoxy) is 1. The third-order valence-electron chi connectivity index (χ3n) is 1.51. The van der Waals surface area contributed by atoms with Gasteiger partial charge in [0, 0.05) is 11.3 Å². The molecule has 0 aliphatic carbocycles. The van der Waals surface area contributed by atoms with Gasteiger partial charge in [-0.05, 0) is 19.4 Å². The molecule has 2 nitrogen and oxygen atoms in total. The molecular weight excluding hydrogens is 150 g/mol. The summed E-state index contributed by atoms with van der Waals surface area (Å²) in [4.78, 5) is 0. The summed E-state index contributed by atoms with van der Waals surface area (Å²) < 4.78 is 5.16. The van der Waals surface area contributed by atoms with E-state index in [0.717, 1.165) is 17.8 Å². The minimum absolute atomic E-state index is 0.541. The number of nitrogens with two attached hydrogens (primary N) is 1. The van der Waals surface area contributed by atoms with E-state index < -0.39 is 0 Å². The fourth-order valence-corrected chi connectivity index (χ4v) is 0.975. The van der Waals surface area contributed by atoms with Gasteiger partial charge < -0.3 is 10.5 Å². The Balaban J connectivity index is 4.70. The highest BCUT2D eigenvalue weighted by Crippen LogP contribution is 2.15. The van der Waals surface area contributed by atoms with Crippen LogP contribution in [0.15, 0.2) is 35.8 Å². The highest BCUT2D eigenvalue weighted by molar-refractivity contribution is 5.40. The predicted octanol–water partition coefficient (Wildman–Crippen LogP) is 2.35. The summed E-state index contributed by atoms with van der Waals surface area (Å²) >= 11 is 0. The molecule has 12 heavy (non-hydrogen) atoms. The predicted molar refractivity (Wildman–Crippen MR) is 52.5 cm³/mol. The molecule has 68 valence electrons. The molecule has 0 heterocycles. The van der Waals surface area contributed by atoms with Gasteiger partial charge in [-0.15, -0.1) is 0 Å². The number of methoxy groups -OCH3 is 1. The molecule has 2 N–H and O–H groups in total. The van der Waals surface area contributed by atoms with E-state index >= 15 is 0 Å². The molecule has 2 heteroatoms. The molecule has 0 aromatic heterocycles. The number of rotatable bonds is 4. The molecule has 0 bridgehead atoms. The summed E-state index contributed by atoms with van der Waals surface area (Å²) in [6.07, 6.45) is 4.80. The second kappa shape index (κ2) is 5.47. The summed E-state index contributed by atoms with van der Waals surface area (Å²) in [5.74, 6) is 0.799. The van der Waals surface area contributed by atoms with Crippen molar-refractivity contribution in [3.8, 4) is 0 Å². The Labute approximate surface area is 74.4 Å². The summed E-state index contributed by atoms with van der Waals surface area (Å²) in [5, 5.41) is 0. The first-order chi connectivity index (χ1) is 5.67. The van der Waals surface area contributed by atoms with Crippen LogP contribution in [0.2, 0.25) is 0 Å². The largest absolute Gasteiger partial charge is 0.496 e. The minimum Gasteiger partial charge on any atom is -0.496 e. The van der Waals surface area contributed by atoms with Crippen LogP contribution in [0.25, 0.3) is 0 Å². The fraction of sp³-hybridized carbons (Fsp3) is 0.400. The van der Waals surface area contributed by atoms with Crippen molar-refractivity contribution in [1.82, 2.24) is 0 Å². The SMILES string of the molecule is C=C(N)C(=C/C)/C(=C\CC)OC. The zero-order valence-corrected chi connectivity index (χ0v) is 8.05. The van der Waals surface area contributed by atoms with Crippen molar-refractivity contribution in [3.63, 3.8) is 0 Å². The Kier molecular flexibility index (Phi) is 4.93. The lowest BCUT2D eigenvalue weighted by Crippen LogP contribution is -2.03. The minimum atomic E-state index is 0.541. The van der Waals surface area contributed by atoms with Crippen molar-refractivity contribution in [2.24, 2.45) is 5.73 Å². The van der Waals surface area contributed by atoms with Crippen molar-refractivity contribution in [1.29, 1.82) is 0 Å². The maximum atomic E-state index is 5.57. The van der Waals surface area contributed by atoms with Gasteiger partial charge in [0.05, 0.1) is 7.11 Å². The Morgan fingerprint density at radius 1 is 1.58 bits per heavy atom. The molecule has 0 aliphatic heterocycles. The van der Waals surface area contributed by atoms with Gasteiger partial charge in [-0.1, -0.05) is 19.6 Å². The molecule has 0 amide bonds. The molecule has 0 spiro atoms. The number of allylic oxidation sites excluding steroid dienone is 2. The van der Waals surface area contributed by atoms with Crippen LogP contribution in [0.3, 0.4) is 0 Å². The first kappa shape index (κ1) is 10.8. The summed E-state index contributed by atoms with van der Waals surface area (Å²) in [6, 6.07) is 0. The van der Waals surface area contributed by atoms with Crippen molar-refractivity contribution in [3.05, 3.63) is 35.8 Å². The van der Waals surface area contributed by atoms with Crippen LogP contribution in [-0.2, 0) is 4.74 Å². The highest BCUT2D eigenvalue weighted by atomic mass is 16.5. The maximum absolute atomic E-state index is 5.57. The van der Waals surface area contributed by atoms with Gasteiger partial charge in [0.15, 0.2) is 0 Å². The smallest absolute Gasteiger partial charge is 0.123 e. The molecule has 0 aromatic carbocycles. The topological polar surface area (TPSA) is 35.2 Å². The molecule has 0 aliphatic rings. The van der Waals surface area contributed by atoms with E-state index in [1.54, 1.807) is 7.11 Å². The Morgan fingerprint density at radius 3 is 2.42 bits per heavy atom. The van der Waals surface area contributed by atoms with Gasteiger partial charge in [0.1, 0.15) is 5.76 Å². The second-order valence-corrected chi connectivity index (χ2v) is 2.41. The first-order valence-electron chi connectivity index (χ1n) is 4.02. The third-order valence-corrected chi connectivity index (χ3v) is 1.51. The van der Waals surface area contributed by atoms with Gasteiger partial charge in [-0.3, -0.25) is 0 Å². The fourth-order valence-electron chi connectivity index (χ4n) is 0.975. The van der Waals surface area contributed by atoms with Gasteiger partial charge in [0.25, 0.3) is 0 Å². The van der Waals surface area contributed by atoms with E-state index in [-0.39, 0.29) is 0 Å². The van der Waals surface area contributed by atoms with E-state index in [4.69, 9.17) is 10.5 Å². The zero-order chi connectivity index (χ0) is 9.56. The average Bonchev–Trinajstić information content (AvgIpc) is 2.03. The van der Waals surface area contributed by atoms with Gasteiger partial charge in [-0.25, -0.2) is 0 Å². The van der Waals surface area contributed by atoms with E-state index in [1.807, 2.05) is 26.0 Å². The number of hydrogen-bond acceptors (Lipinski definition) is 2. The molecule has 0 atom stereocenters. The number of hydrogen-bond donors (Lipinski definition) is 1. The first-order valence-corrected chi connectivity index (χ1v) is 4.02. The van der Waals surface area contributed by atoms with Crippen LogP contribution in [0.5, 0.6) is 0 Å². The Morgan fingerprint density at radius 2 is 2.17 bits per heavy atom.